The number of nitrogens with one attached hydrogen (secondary N) is 1. The first-order valence-corrected chi connectivity index (χ1v) is 7.53. The summed E-state index contributed by atoms with van der Waals surface area (Å²) in [7, 11) is 1.47. The molecule has 0 amide bonds. The van der Waals surface area contributed by atoms with Crippen molar-refractivity contribution in [2.45, 2.75) is 71.0 Å². The van der Waals surface area contributed by atoms with Gasteiger partial charge in [0, 0.05) is 18.6 Å². The van der Waals surface area contributed by atoms with Crippen molar-refractivity contribution in [2.24, 2.45) is 0 Å². The Labute approximate surface area is 117 Å². The van der Waals surface area contributed by atoms with Crippen LogP contribution in [0.25, 0.3) is 0 Å². The third-order valence-corrected chi connectivity index (χ3v) is 3.62. The fraction of sp³-hybridized carbons (Fsp3) is 0.933. The number of esters is 1. The van der Waals surface area contributed by atoms with E-state index < -0.39 is 5.54 Å². The molecule has 1 unspecified atom stereocenters. The van der Waals surface area contributed by atoms with E-state index in [1.807, 2.05) is 6.92 Å². The quantitative estimate of drug-likeness (QED) is 0.652. The molecule has 0 spiro atoms. The number of hydrogen-bond acceptors (Lipinski definition) is 4. The summed E-state index contributed by atoms with van der Waals surface area (Å²) in [5, 5.41) is 3.38. The highest BCUT2D eigenvalue weighted by Crippen LogP contribution is 2.28. The van der Waals surface area contributed by atoms with Gasteiger partial charge in [0.25, 0.3) is 0 Å². The summed E-state index contributed by atoms with van der Waals surface area (Å²) in [6.07, 6.45) is 4.91. The topological polar surface area (TPSA) is 41.6 Å². The number of carbonyl (C=O) groups excluding carboxylic acids is 1. The van der Waals surface area contributed by atoms with Gasteiger partial charge < -0.3 is 4.74 Å². The van der Waals surface area contributed by atoms with Gasteiger partial charge in [-0.05, 0) is 46.6 Å². The minimum atomic E-state index is -0.612. The Hall–Kier alpha value is -0.610. The predicted molar refractivity (Wildman–Crippen MR) is 78.2 cm³/mol. The largest absolute Gasteiger partial charge is 0.468 e. The highest BCUT2D eigenvalue weighted by molar-refractivity contribution is 5.80. The monoisotopic (exact) mass is 270 g/mol. The molecule has 0 aromatic rings. The van der Waals surface area contributed by atoms with Crippen LogP contribution < -0.4 is 5.32 Å². The average molecular weight is 270 g/mol. The number of unbranched alkanes of at least 4 members (excludes halogenated alkanes) is 1. The van der Waals surface area contributed by atoms with Crippen LogP contribution in [0.2, 0.25) is 0 Å². The van der Waals surface area contributed by atoms with Crippen LogP contribution in [0.3, 0.4) is 0 Å². The smallest absolute Gasteiger partial charge is 0.327 e. The molecule has 1 aliphatic rings. The standard InChI is InChI=1S/C15H30N2O2/c1-6-7-10-17(13-8-9-13)11-15(4,14(18)19-5)16-12(2)3/h12-13,16H,6-11H2,1-5H3. The van der Waals surface area contributed by atoms with Crippen molar-refractivity contribution in [3.63, 3.8) is 0 Å². The van der Waals surface area contributed by atoms with Crippen LogP contribution in [0.1, 0.15) is 53.4 Å². The maximum Gasteiger partial charge on any atom is 0.327 e. The number of rotatable bonds is 9. The predicted octanol–water partition coefficient (Wildman–Crippen LogP) is 2.18. The minimum Gasteiger partial charge on any atom is -0.468 e. The Morgan fingerprint density at radius 1 is 1.47 bits per heavy atom. The summed E-state index contributed by atoms with van der Waals surface area (Å²) in [6.45, 7) is 10.1. The molecule has 4 heteroatoms. The molecule has 1 fully saturated rings. The molecule has 0 saturated heterocycles. The number of carbonyl (C=O) groups is 1. The molecule has 1 saturated carbocycles. The van der Waals surface area contributed by atoms with Gasteiger partial charge in [0.15, 0.2) is 0 Å². The molecular formula is C15H30N2O2. The Morgan fingerprint density at radius 3 is 2.53 bits per heavy atom. The molecule has 0 bridgehead atoms. The fourth-order valence-corrected chi connectivity index (χ4v) is 2.63. The van der Waals surface area contributed by atoms with Gasteiger partial charge in [-0.2, -0.15) is 0 Å². The molecule has 0 aromatic carbocycles. The van der Waals surface area contributed by atoms with E-state index in [0.29, 0.717) is 6.04 Å². The molecule has 4 nitrogen and oxygen atoms in total. The highest BCUT2D eigenvalue weighted by atomic mass is 16.5. The Kier molecular flexibility index (Phi) is 6.27. The summed E-state index contributed by atoms with van der Waals surface area (Å²) in [4.78, 5) is 14.6. The number of hydrogen-bond donors (Lipinski definition) is 1. The lowest BCUT2D eigenvalue weighted by Crippen LogP contribution is -2.59. The van der Waals surface area contributed by atoms with Crippen molar-refractivity contribution in [1.29, 1.82) is 0 Å². The second kappa shape index (κ2) is 7.25. The Morgan fingerprint density at radius 2 is 2.11 bits per heavy atom. The van der Waals surface area contributed by atoms with Crippen molar-refractivity contribution in [1.82, 2.24) is 10.2 Å². The van der Waals surface area contributed by atoms with E-state index in [2.05, 4.69) is 31.0 Å². The SMILES string of the molecule is CCCCN(CC(C)(NC(C)C)C(=O)OC)C1CC1. The van der Waals surface area contributed by atoms with E-state index in [1.54, 1.807) is 0 Å². The van der Waals surface area contributed by atoms with Crippen molar-refractivity contribution >= 4 is 5.97 Å². The molecule has 19 heavy (non-hydrogen) atoms. The number of nitrogens with zero attached hydrogens (tertiary/aromatic N) is 1. The van der Waals surface area contributed by atoms with Gasteiger partial charge in [-0.3, -0.25) is 15.0 Å². The molecule has 0 heterocycles. The molecule has 0 aliphatic heterocycles. The maximum atomic E-state index is 12.1. The van der Waals surface area contributed by atoms with Gasteiger partial charge in [0.05, 0.1) is 7.11 Å². The van der Waals surface area contributed by atoms with Crippen LogP contribution >= 0.6 is 0 Å². The molecule has 0 aromatic heterocycles. The first-order chi connectivity index (χ1) is 8.92. The third-order valence-electron chi connectivity index (χ3n) is 3.62. The summed E-state index contributed by atoms with van der Waals surface area (Å²) in [6, 6.07) is 0.931. The van der Waals surface area contributed by atoms with Gasteiger partial charge in [0.2, 0.25) is 0 Å². The molecule has 0 radical (unpaired) electrons. The number of methoxy groups -OCH3 is 1. The highest BCUT2D eigenvalue weighted by Gasteiger charge is 2.40. The second-order valence-corrected chi connectivity index (χ2v) is 6.18. The minimum absolute atomic E-state index is 0.164. The molecule has 1 atom stereocenters. The van der Waals surface area contributed by atoms with Crippen LogP contribution in [-0.4, -0.2) is 48.7 Å². The van der Waals surface area contributed by atoms with E-state index in [4.69, 9.17) is 4.74 Å². The lowest BCUT2D eigenvalue weighted by molar-refractivity contribution is -0.149. The zero-order valence-corrected chi connectivity index (χ0v) is 13.2. The summed E-state index contributed by atoms with van der Waals surface area (Å²) in [5.74, 6) is -0.164. The summed E-state index contributed by atoms with van der Waals surface area (Å²) >= 11 is 0. The van der Waals surface area contributed by atoms with E-state index in [0.717, 1.165) is 13.1 Å². The van der Waals surface area contributed by atoms with E-state index in [1.165, 1.54) is 32.8 Å². The normalized spacial score (nSPS) is 18.7. The summed E-state index contributed by atoms with van der Waals surface area (Å²) < 4.78 is 4.99. The average Bonchev–Trinajstić information content (AvgIpc) is 3.16. The van der Waals surface area contributed by atoms with Gasteiger partial charge in [-0.15, -0.1) is 0 Å². The van der Waals surface area contributed by atoms with Crippen LogP contribution in [0.15, 0.2) is 0 Å². The lowest BCUT2D eigenvalue weighted by Gasteiger charge is -2.35. The zero-order chi connectivity index (χ0) is 14.5. The van der Waals surface area contributed by atoms with E-state index in [-0.39, 0.29) is 12.0 Å². The van der Waals surface area contributed by atoms with Crippen LogP contribution in [0.5, 0.6) is 0 Å². The summed E-state index contributed by atoms with van der Waals surface area (Å²) in [5.41, 5.74) is -0.612. The van der Waals surface area contributed by atoms with Gasteiger partial charge in [-0.1, -0.05) is 13.3 Å². The molecule has 112 valence electrons. The van der Waals surface area contributed by atoms with Gasteiger partial charge in [-0.25, -0.2) is 0 Å². The Bertz CT molecular complexity index is 290. The zero-order valence-electron chi connectivity index (χ0n) is 13.2. The number of ether oxygens (including phenoxy) is 1. The second-order valence-electron chi connectivity index (χ2n) is 6.18. The van der Waals surface area contributed by atoms with Crippen LogP contribution in [0, 0.1) is 0 Å². The maximum absolute atomic E-state index is 12.1. The van der Waals surface area contributed by atoms with Crippen molar-refractivity contribution in [2.75, 3.05) is 20.2 Å². The Balaban J connectivity index is 2.70. The van der Waals surface area contributed by atoms with Crippen molar-refractivity contribution in [3.05, 3.63) is 0 Å². The molecule has 1 rings (SSSR count). The van der Waals surface area contributed by atoms with Crippen LogP contribution in [0.4, 0.5) is 0 Å². The van der Waals surface area contributed by atoms with Gasteiger partial charge in [0.1, 0.15) is 5.54 Å². The molecule has 1 aliphatic carbocycles. The van der Waals surface area contributed by atoms with Crippen molar-refractivity contribution in [3.8, 4) is 0 Å². The lowest BCUT2D eigenvalue weighted by atomic mass is 10.00. The van der Waals surface area contributed by atoms with Gasteiger partial charge >= 0.3 is 5.97 Å². The molecule has 1 N–H and O–H groups in total. The first kappa shape index (κ1) is 16.4. The fourth-order valence-electron chi connectivity index (χ4n) is 2.63. The van der Waals surface area contributed by atoms with Crippen LogP contribution in [-0.2, 0) is 9.53 Å². The first-order valence-electron chi connectivity index (χ1n) is 7.53. The van der Waals surface area contributed by atoms with Crippen molar-refractivity contribution < 1.29 is 9.53 Å². The molecular weight excluding hydrogens is 240 g/mol. The van der Waals surface area contributed by atoms with E-state index in [9.17, 15) is 4.79 Å². The van der Waals surface area contributed by atoms with E-state index >= 15 is 0 Å². The third kappa shape index (κ3) is 5.11.